The maximum absolute atomic E-state index is 12.3. The second-order valence-electron chi connectivity index (χ2n) is 6.23. The number of thiazole rings is 1. The minimum atomic E-state index is -0.131. The van der Waals surface area contributed by atoms with Gasteiger partial charge in [0.05, 0.1) is 11.3 Å². The van der Waals surface area contributed by atoms with Gasteiger partial charge < -0.3 is 4.74 Å². The van der Waals surface area contributed by atoms with Crippen molar-refractivity contribution >= 4 is 33.7 Å². The summed E-state index contributed by atoms with van der Waals surface area (Å²) in [6.45, 7) is 3.97. The summed E-state index contributed by atoms with van der Waals surface area (Å²) in [5, 5.41) is 2.48. The number of carbonyl (C=O) groups is 1. The summed E-state index contributed by atoms with van der Waals surface area (Å²) < 4.78 is 7.40. The maximum Gasteiger partial charge on any atom is 0.259 e. The van der Waals surface area contributed by atoms with Crippen LogP contribution in [-0.2, 0) is 6.61 Å². The molecule has 3 aromatic rings. The minimum absolute atomic E-state index is 0.0392. The summed E-state index contributed by atoms with van der Waals surface area (Å²) in [6, 6.07) is 4.92. The van der Waals surface area contributed by atoms with Crippen LogP contribution < -0.4 is 10.3 Å². The van der Waals surface area contributed by atoms with Crippen LogP contribution in [0.5, 0.6) is 5.75 Å². The van der Waals surface area contributed by atoms with Crippen molar-refractivity contribution < 1.29 is 9.53 Å². The lowest BCUT2D eigenvalue weighted by atomic mass is 10.0. The molecule has 0 spiro atoms. The highest BCUT2D eigenvalue weighted by Gasteiger charge is 2.31. The second-order valence-corrected chi connectivity index (χ2v) is 7.48. The Kier molecular flexibility index (Phi) is 3.89. The van der Waals surface area contributed by atoms with E-state index in [1.165, 1.54) is 17.4 Å². The van der Waals surface area contributed by atoms with Crippen molar-refractivity contribution in [3.8, 4) is 5.75 Å². The zero-order valence-electron chi connectivity index (χ0n) is 13.7. The third-order valence-corrected chi connectivity index (χ3v) is 5.69. The highest BCUT2D eigenvalue weighted by atomic mass is 35.5. The monoisotopic (exact) mass is 374 g/mol. The number of rotatable bonds is 3. The molecule has 1 aromatic carbocycles. The van der Waals surface area contributed by atoms with Crippen molar-refractivity contribution in [2.24, 2.45) is 0 Å². The van der Waals surface area contributed by atoms with Crippen LogP contribution in [0.25, 0.3) is 4.96 Å². The van der Waals surface area contributed by atoms with Gasteiger partial charge >= 0.3 is 0 Å². The van der Waals surface area contributed by atoms with Crippen molar-refractivity contribution in [3.63, 3.8) is 0 Å². The molecule has 0 fully saturated rings. The zero-order valence-corrected chi connectivity index (χ0v) is 15.3. The molecule has 7 heteroatoms. The van der Waals surface area contributed by atoms with Gasteiger partial charge in [0, 0.05) is 28.6 Å². The van der Waals surface area contributed by atoms with E-state index in [4.69, 9.17) is 16.3 Å². The first-order chi connectivity index (χ1) is 12.0. The summed E-state index contributed by atoms with van der Waals surface area (Å²) in [7, 11) is 0. The van der Waals surface area contributed by atoms with Gasteiger partial charge in [0.2, 0.25) is 0 Å². The number of hydrogen-bond acceptors (Lipinski definition) is 5. The van der Waals surface area contributed by atoms with Crippen LogP contribution in [0.3, 0.4) is 0 Å². The average Bonchev–Trinajstić information content (AvgIpc) is 3.08. The molecule has 0 saturated carbocycles. The van der Waals surface area contributed by atoms with Crippen LogP contribution in [0.4, 0.5) is 0 Å². The molecule has 1 atom stereocenters. The largest absolute Gasteiger partial charge is 0.487 e. The molecule has 25 heavy (non-hydrogen) atoms. The molecule has 4 rings (SSSR count). The van der Waals surface area contributed by atoms with E-state index in [0.717, 1.165) is 11.3 Å². The zero-order chi connectivity index (χ0) is 17.7. The second kappa shape index (κ2) is 5.97. The van der Waals surface area contributed by atoms with E-state index in [-0.39, 0.29) is 23.9 Å². The average molecular weight is 375 g/mol. The number of ketones is 1. The number of ether oxygens (including phenoxy) is 1. The number of nitrogens with zero attached hydrogens (tertiary/aromatic N) is 2. The minimum Gasteiger partial charge on any atom is -0.487 e. The van der Waals surface area contributed by atoms with Gasteiger partial charge in [-0.2, -0.15) is 0 Å². The fraction of sp³-hybridized carbons (Fsp3) is 0.278. The number of halogens is 1. The number of aromatic nitrogens is 2. The molecular formula is C18H15ClN2O3S. The van der Waals surface area contributed by atoms with E-state index in [1.54, 1.807) is 16.5 Å². The lowest BCUT2D eigenvalue weighted by molar-refractivity contribution is 0.0986. The van der Waals surface area contributed by atoms with Gasteiger partial charge in [-0.3, -0.25) is 14.0 Å². The van der Waals surface area contributed by atoms with Crippen molar-refractivity contribution in [1.29, 1.82) is 0 Å². The number of hydrogen-bond donors (Lipinski definition) is 0. The third kappa shape index (κ3) is 2.65. The molecule has 0 aliphatic heterocycles. The van der Waals surface area contributed by atoms with E-state index in [0.29, 0.717) is 33.4 Å². The van der Waals surface area contributed by atoms with Gasteiger partial charge in [-0.25, -0.2) is 4.98 Å². The number of benzene rings is 1. The molecule has 2 heterocycles. The lowest BCUT2D eigenvalue weighted by Crippen LogP contribution is -2.16. The van der Waals surface area contributed by atoms with Crippen molar-refractivity contribution in [2.75, 3.05) is 0 Å². The Morgan fingerprint density at radius 3 is 3.00 bits per heavy atom. The summed E-state index contributed by atoms with van der Waals surface area (Å²) in [4.78, 5) is 29.6. The molecule has 2 aromatic heterocycles. The summed E-state index contributed by atoms with van der Waals surface area (Å²) in [5.74, 6) is 0.627. The quantitative estimate of drug-likeness (QED) is 0.695. The third-order valence-electron chi connectivity index (χ3n) is 4.42. The molecule has 0 bridgehead atoms. The normalized spacial score (nSPS) is 16.4. The summed E-state index contributed by atoms with van der Waals surface area (Å²) in [5.41, 5.74) is 2.67. The first-order valence-corrected chi connectivity index (χ1v) is 9.16. The number of Topliss-reactive ketones (excluding diaryl/α,β-unsaturated/α-hetero) is 1. The number of carbonyl (C=O) groups excluding carboxylic acids is 1. The Labute approximate surface area is 152 Å². The maximum atomic E-state index is 12.3. The van der Waals surface area contributed by atoms with E-state index < -0.39 is 0 Å². The van der Waals surface area contributed by atoms with Gasteiger partial charge in [-0.1, -0.05) is 18.5 Å². The summed E-state index contributed by atoms with van der Waals surface area (Å²) in [6.07, 6.45) is 0.440. The van der Waals surface area contributed by atoms with Crippen LogP contribution in [-0.4, -0.2) is 15.2 Å². The first kappa shape index (κ1) is 16.3. The van der Waals surface area contributed by atoms with E-state index in [1.807, 2.05) is 19.2 Å². The molecule has 1 aliphatic carbocycles. The van der Waals surface area contributed by atoms with Crippen LogP contribution >= 0.6 is 22.9 Å². The SMILES string of the molecule is Cc1csc2nc(COc3ccc(Cl)c4c3C(=O)CC4C)cc(=O)n12. The molecular weight excluding hydrogens is 360 g/mol. The fourth-order valence-electron chi connectivity index (χ4n) is 3.27. The van der Waals surface area contributed by atoms with Gasteiger partial charge in [-0.05, 0) is 30.5 Å². The molecule has 0 saturated heterocycles. The van der Waals surface area contributed by atoms with E-state index in [9.17, 15) is 9.59 Å². The van der Waals surface area contributed by atoms with Crippen LogP contribution in [0.15, 0.2) is 28.4 Å². The van der Waals surface area contributed by atoms with Gasteiger partial charge in [0.1, 0.15) is 12.4 Å². The first-order valence-electron chi connectivity index (χ1n) is 7.91. The predicted molar refractivity (Wildman–Crippen MR) is 97.2 cm³/mol. The fourth-order valence-corrected chi connectivity index (χ4v) is 4.51. The number of fused-ring (bicyclic) bond motifs is 2. The molecule has 128 valence electrons. The lowest BCUT2D eigenvalue weighted by Gasteiger charge is -2.12. The molecule has 1 aliphatic rings. The highest BCUT2D eigenvalue weighted by Crippen LogP contribution is 2.42. The topological polar surface area (TPSA) is 60.7 Å². The van der Waals surface area contributed by atoms with E-state index in [2.05, 4.69) is 4.98 Å². The molecule has 0 radical (unpaired) electrons. The van der Waals surface area contributed by atoms with Gasteiger partial charge in [-0.15, -0.1) is 11.3 Å². The molecule has 1 unspecified atom stereocenters. The van der Waals surface area contributed by atoms with Gasteiger partial charge in [0.25, 0.3) is 5.56 Å². The van der Waals surface area contributed by atoms with Crippen molar-refractivity contribution in [1.82, 2.24) is 9.38 Å². The van der Waals surface area contributed by atoms with Crippen LogP contribution in [0.2, 0.25) is 5.02 Å². The Hall–Kier alpha value is -2.18. The Morgan fingerprint density at radius 2 is 2.20 bits per heavy atom. The standard InChI is InChI=1S/C18H15ClN2O3S/c1-9-5-13(22)17-14(4-3-12(19)16(9)17)24-7-11-6-15(23)21-10(2)8-25-18(21)20-11/h3-4,6,8-9H,5,7H2,1-2H3. The Bertz CT molecular complexity index is 1070. The van der Waals surface area contributed by atoms with Crippen LogP contribution in [0, 0.1) is 6.92 Å². The Balaban J connectivity index is 1.67. The predicted octanol–water partition coefficient (Wildman–Crippen LogP) is 3.99. The van der Waals surface area contributed by atoms with Crippen LogP contribution in [0.1, 0.15) is 46.6 Å². The van der Waals surface area contributed by atoms with E-state index >= 15 is 0 Å². The smallest absolute Gasteiger partial charge is 0.259 e. The Morgan fingerprint density at radius 1 is 1.40 bits per heavy atom. The molecule has 0 amide bonds. The van der Waals surface area contributed by atoms with Gasteiger partial charge in [0.15, 0.2) is 10.7 Å². The molecule has 0 N–H and O–H groups in total. The van der Waals surface area contributed by atoms with Crippen molar-refractivity contribution in [3.05, 3.63) is 61.5 Å². The number of aryl methyl sites for hydroxylation is 1. The summed E-state index contributed by atoms with van der Waals surface area (Å²) >= 11 is 7.66. The molecule has 5 nitrogen and oxygen atoms in total. The van der Waals surface area contributed by atoms with Crippen molar-refractivity contribution in [2.45, 2.75) is 32.8 Å². The highest BCUT2D eigenvalue weighted by molar-refractivity contribution is 7.15.